The van der Waals surface area contributed by atoms with Gasteiger partial charge in [-0.25, -0.2) is 0 Å². The molecular weight excluding hydrogens is 212 g/mol. The molecule has 0 spiro atoms. The number of benzene rings is 1. The fraction of sp³-hybridized carbons (Fsp3) is 0.200. The summed E-state index contributed by atoms with van der Waals surface area (Å²) in [5, 5.41) is 6.47. The molecule has 2 aliphatic rings. The summed E-state index contributed by atoms with van der Waals surface area (Å²) in [7, 11) is 0. The highest BCUT2D eigenvalue weighted by atomic mass is 32.2. The van der Waals surface area contributed by atoms with E-state index in [-0.39, 0.29) is 16.6 Å². The Morgan fingerprint density at radius 3 is 2.93 bits per heavy atom. The monoisotopic (exact) mass is 220 g/mol. The first-order valence-corrected chi connectivity index (χ1v) is 5.49. The van der Waals surface area contributed by atoms with Crippen LogP contribution in [0, 0.1) is 0 Å². The van der Waals surface area contributed by atoms with Gasteiger partial charge in [0.05, 0.1) is 0 Å². The molecule has 5 heteroatoms. The van der Waals surface area contributed by atoms with Gasteiger partial charge in [-0.05, 0) is 17.3 Å². The first-order valence-electron chi connectivity index (χ1n) is 4.61. The maximum atomic E-state index is 11.1. The lowest BCUT2D eigenvalue weighted by atomic mass is 10.1. The fourth-order valence-corrected chi connectivity index (χ4v) is 2.64. The highest BCUT2D eigenvalue weighted by Crippen LogP contribution is 2.38. The molecule has 0 aromatic heterocycles. The molecule has 4 nitrogen and oxygen atoms in total. The number of hydrogen-bond acceptors (Lipinski definition) is 4. The number of thioether (sulfide) groups is 1. The van der Waals surface area contributed by atoms with Gasteiger partial charge in [-0.15, -0.1) is 0 Å². The first-order chi connectivity index (χ1) is 7.34. The molecular formula is C10H8N2O2S. The maximum absolute atomic E-state index is 11.1. The molecule has 2 atom stereocenters. The van der Waals surface area contributed by atoms with Gasteiger partial charge < -0.3 is 10.2 Å². The summed E-state index contributed by atoms with van der Waals surface area (Å²) in [6.07, 6.45) is -0.148. The third-order valence-electron chi connectivity index (χ3n) is 2.40. The number of rotatable bonds is 1. The van der Waals surface area contributed by atoms with Crippen molar-refractivity contribution in [3.63, 3.8) is 0 Å². The van der Waals surface area contributed by atoms with E-state index < -0.39 is 0 Å². The van der Waals surface area contributed by atoms with Crippen molar-refractivity contribution in [1.82, 2.24) is 5.32 Å². The fourth-order valence-electron chi connectivity index (χ4n) is 1.70. The quantitative estimate of drug-likeness (QED) is 0.786. The summed E-state index contributed by atoms with van der Waals surface area (Å²) in [4.78, 5) is 16.5. The minimum Gasteiger partial charge on any atom is -0.384 e. The number of carbonyl (C=O) groups is 1. The van der Waals surface area contributed by atoms with Crippen LogP contribution in [0.1, 0.15) is 11.7 Å². The molecule has 2 heterocycles. The summed E-state index contributed by atoms with van der Waals surface area (Å²) in [6.45, 7) is 0. The molecule has 15 heavy (non-hydrogen) atoms. The van der Waals surface area contributed by atoms with Crippen molar-refractivity contribution in [2.24, 2.45) is 5.16 Å². The Hall–Kier alpha value is -1.49. The van der Waals surface area contributed by atoms with Crippen molar-refractivity contribution in [3.8, 4) is 0 Å². The number of carbonyl (C=O) groups excluding carboxylic acids is 1. The smallest absolute Gasteiger partial charge is 0.285 e. The lowest BCUT2D eigenvalue weighted by Crippen LogP contribution is -2.23. The van der Waals surface area contributed by atoms with Gasteiger partial charge in [-0.1, -0.05) is 35.5 Å². The Kier molecular flexibility index (Phi) is 1.92. The number of hydrogen-bond donors (Lipinski definition) is 1. The molecule has 1 amide bonds. The Balaban J connectivity index is 1.90. The van der Waals surface area contributed by atoms with Crippen molar-refractivity contribution in [2.45, 2.75) is 11.4 Å². The molecule has 1 N–H and O–H groups in total. The van der Waals surface area contributed by atoms with Gasteiger partial charge in [0, 0.05) is 0 Å². The summed E-state index contributed by atoms with van der Waals surface area (Å²) in [6, 6.07) is 9.81. The Bertz CT molecular complexity index is 432. The highest BCUT2D eigenvalue weighted by molar-refractivity contribution is 8.15. The molecule has 1 saturated heterocycles. The average molecular weight is 220 g/mol. The molecule has 3 rings (SSSR count). The van der Waals surface area contributed by atoms with E-state index in [4.69, 9.17) is 4.84 Å². The van der Waals surface area contributed by atoms with Crippen LogP contribution in [0.2, 0.25) is 0 Å². The lowest BCUT2D eigenvalue weighted by Gasteiger charge is -2.12. The zero-order chi connectivity index (χ0) is 10.3. The lowest BCUT2D eigenvalue weighted by molar-refractivity contribution is 0.0882. The second-order valence-electron chi connectivity index (χ2n) is 3.36. The summed E-state index contributed by atoms with van der Waals surface area (Å²) >= 11 is 1.23. The molecule has 1 aromatic rings. The molecule has 0 aliphatic carbocycles. The standard InChI is InChI=1S/C10H8N2O2S/c13-10-11-9-8(15-10)7(14-12-9)6-4-2-1-3-5-6/h1-5,7-8H,(H,11,12,13)/t7-,8-/m0/s1. The van der Waals surface area contributed by atoms with Crippen molar-refractivity contribution in [1.29, 1.82) is 0 Å². The average Bonchev–Trinajstić information content (AvgIpc) is 2.77. The van der Waals surface area contributed by atoms with Crippen LogP contribution < -0.4 is 5.32 Å². The van der Waals surface area contributed by atoms with E-state index in [1.165, 1.54) is 11.8 Å². The second-order valence-corrected chi connectivity index (χ2v) is 4.48. The van der Waals surface area contributed by atoms with Gasteiger partial charge in [0.15, 0.2) is 11.9 Å². The van der Waals surface area contributed by atoms with Gasteiger partial charge in [0.1, 0.15) is 5.25 Å². The van der Waals surface area contributed by atoms with Gasteiger partial charge in [0.2, 0.25) is 0 Å². The largest absolute Gasteiger partial charge is 0.384 e. The predicted octanol–water partition coefficient (Wildman–Crippen LogP) is 1.90. The number of fused-ring (bicyclic) bond motifs is 1. The van der Waals surface area contributed by atoms with E-state index in [9.17, 15) is 4.79 Å². The number of nitrogens with zero attached hydrogens (tertiary/aromatic N) is 1. The SMILES string of the molecule is O=C1NC2=NO[C@@H](c3ccccc3)[C@@H]2S1. The molecule has 76 valence electrons. The molecule has 2 aliphatic heterocycles. The predicted molar refractivity (Wildman–Crippen MR) is 57.6 cm³/mol. The normalized spacial score (nSPS) is 28.0. The van der Waals surface area contributed by atoms with E-state index >= 15 is 0 Å². The molecule has 0 unspecified atom stereocenters. The third-order valence-corrected chi connectivity index (χ3v) is 3.44. The van der Waals surface area contributed by atoms with Crippen LogP contribution in [0.4, 0.5) is 4.79 Å². The number of oxime groups is 1. The van der Waals surface area contributed by atoms with Crippen LogP contribution in [0.3, 0.4) is 0 Å². The van der Waals surface area contributed by atoms with Gasteiger partial charge >= 0.3 is 0 Å². The van der Waals surface area contributed by atoms with E-state index in [0.29, 0.717) is 5.84 Å². The summed E-state index contributed by atoms with van der Waals surface area (Å²) in [5.41, 5.74) is 1.05. The van der Waals surface area contributed by atoms with Crippen LogP contribution in [-0.2, 0) is 4.84 Å². The number of nitrogens with one attached hydrogen (secondary N) is 1. The van der Waals surface area contributed by atoms with Crippen molar-refractivity contribution >= 4 is 22.8 Å². The number of amides is 1. The molecule has 0 saturated carbocycles. The van der Waals surface area contributed by atoms with E-state index in [0.717, 1.165) is 5.56 Å². The van der Waals surface area contributed by atoms with Crippen LogP contribution in [0.5, 0.6) is 0 Å². The highest BCUT2D eigenvalue weighted by Gasteiger charge is 2.43. The second kappa shape index (κ2) is 3.27. The minimum atomic E-state index is -0.148. The van der Waals surface area contributed by atoms with Crippen LogP contribution in [0.15, 0.2) is 35.5 Å². The van der Waals surface area contributed by atoms with E-state index in [1.54, 1.807) is 0 Å². The Morgan fingerprint density at radius 1 is 1.33 bits per heavy atom. The molecule has 0 radical (unpaired) electrons. The van der Waals surface area contributed by atoms with Crippen LogP contribution >= 0.6 is 11.8 Å². The van der Waals surface area contributed by atoms with E-state index in [1.807, 2.05) is 30.3 Å². The Morgan fingerprint density at radius 2 is 2.13 bits per heavy atom. The zero-order valence-electron chi connectivity index (χ0n) is 7.71. The maximum Gasteiger partial charge on any atom is 0.285 e. The minimum absolute atomic E-state index is 0.0140. The van der Waals surface area contributed by atoms with Gasteiger partial charge in [-0.2, -0.15) is 0 Å². The van der Waals surface area contributed by atoms with E-state index in [2.05, 4.69) is 10.5 Å². The van der Waals surface area contributed by atoms with Crippen LogP contribution in [-0.4, -0.2) is 16.3 Å². The zero-order valence-corrected chi connectivity index (χ0v) is 8.53. The molecule has 1 fully saturated rings. The first kappa shape index (κ1) is 8.79. The Labute approximate surface area is 90.7 Å². The van der Waals surface area contributed by atoms with Crippen molar-refractivity contribution in [2.75, 3.05) is 0 Å². The molecule has 1 aromatic carbocycles. The van der Waals surface area contributed by atoms with Gasteiger partial charge in [-0.3, -0.25) is 4.79 Å². The summed E-state index contributed by atoms with van der Waals surface area (Å²) in [5.74, 6) is 0.638. The van der Waals surface area contributed by atoms with Crippen LogP contribution in [0.25, 0.3) is 0 Å². The molecule has 0 bridgehead atoms. The van der Waals surface area contributed by atoms with Crippen molar-refractivity contribution in [3.05, 3.63) is 35.9 Å². The van der Waals surface area contributed by atoms with Crippen molar-refractivity contribution < 1.29 is 9.63 Å². The summed E-state index contributed by atoms with van der Waals surface area (Å²) < 4.78 is 0. The third kappa shape index (κ3) is 1.39. The van der Waals surface area contributed by atoms with Gasteiger partial charge in [0.25, 0.3) is 5.24 Å². The number of amidine groups is 1. The topological polar surface area (TPSA) is 50.7 Å².